The molecule has 2 aromatic carbocycles. The van der Waals surface area contributed by atoms with E-state index in [2.05, 4.69) is 15.6 Å². The lowest BCUT2D eigenvalue weighted by molar-refractivity contribution is -0.138. The zero-order chi connectivity index (χ0) is 31.9. The number of carboxylic acid groups (broad SMARTS) is 1. The van der Waals surface area contributed by atoms with Crippen LogP contribution in [0.4, 0.5) is 0 Å². The van der Waals surface area contributed by atoms with E-state index in [1.165, 1.54) is 37.3 Å². The summed E-state index contributed by atoms with van der Waals surface area (Å²) in [6.07, 6.45) is 1.97. The number of phenolic OH excluding ortho intramolecular Hbond substituents is 1. The van der Waals surface area contributed by atoms with Gasteiger partial charge in [0.1, 0.15) is 23.9 Å². The summed E-state index contributed by atoms with van der Waals surface area (Å²) in [6.45, 7) is 1.71. The average Bonchev–Trinajstić information content (AvgIpc) is 2.95. The standard InChI is InChI=1S/C30H41N5O7S/c1-20(31)32-25(18-22-11-13-23(36)14-12-22)29(40)33-24(15-17-43(3)42)28(39)34-26(19-21-8-5-4-6-9-21)30(41)35(2)16-7-10-27(37)38/h4-6,8-9,11-14,24-26,36H,7,10,15-19H2,1-3H3,(H2,31,32)(H,33,40)(H,34,39)(H,37,38)/t24-,25+,26+,43?/m1/s1. The fourth-order valence-electron chi connectivity index (χ4n) is 4.28. The minimum Gasteiger partial charge on any atom is -0.508 e. The van der Waals surface area contributed by atoms with E-state index in [0.717, 1.165) is 5.56 Å². The van der Waals surface area contributed by atoms with E-state index in [-0.39, 0.29) is 56.0 Å². The van der Waals surface area contributed by atoms with Gasteiger partial charge in [-0.3, -0.25) is 28.4 Å². The van der Waals surface area contributed by atoms with Crippen LogP contribution in [0.1, 0.15) is 37.3 Å². The maximum atomic E-state index is 13.6. The number of carbonyl (C=O) groups excluding carboxylic acids is 3. The molecule has 0 radical (unpaired) electrons. The van der Waals surface area contributed by atoms with E-state index in [4.69, 9.17) is 10.8 Å². The number of aliphatic carboxylic acids is 1. The van der Waals surface area contributed by atoms with Crippen LogP contribution in [0.5, 0.6) is 5.75 Å². The molecule has 43 heavy (non-hydrogen) atoms. The molecule has 0 aromatic heterocycles. The lowest BCUT2D eigenvalue weighted by Crippen LogP contribution is -2.56. The first-order valence-electron chi connectivity index (χ1n) is 13.8. The van der Waals surface area contributed by atoms with Gasteiger partial charge < -0.3 is 31.5 Å². The average molecular weight is 616 g/mol. The Hall–Kier alpha value is -4.26. The van der Waals surface area contributed by atoms with E-state index in [9.17, 15) is 28.5 Å². The number of nitrogens with two attached hydrogens (primary N) is 1. The number of benzene rings is 2. The lowest BCUT2D eigenvalue weighted by atomic mass is 10.0. The SMILES string of the molecule is CC(N)=N[C@@H](Cc1ccc(O)cc1)C(=O)N[C@H](CCS(C)=O)C(=O)N[C@@H](Cc1ccccc1)C(=O)N(C)CCCC(=O)O. The topological polar surface area (TPSA) is 191 Å². The number of hydrogen-bond donors (Lipinski definition) is 5. The summed E-state index contributed by atoms with van der Waals surface area (Å²) in [6, 6.07) is 12.2. The molecule has 4 atom stereocenters. The molecule has 1 unspecified atom stereocenters. The van der Waals surface area contributed by atoms with Crippen molar-refractivity contribution in [2.75, 3.05) is 25.6 Å². The largest absolute Gasteiger partial charge is 0.508 e. The fourth-order valence-corrected chi connectivity index (χ4v) is 4.85. The quantitative estimate of drug-likeness (QED) is 0.128. The Kier molecular flexibility index (Phi) is 14.3. The van der Waals surface area contributed by atoms with Gasteiger partial charge in [-0.1, -0.05) is 42.5 Å². The molecule has 0 saturated heterocycles. The fraction of sp³-hybridized carbons (Fsp3) is 0.433. The Bertz CT molecular complexity index is 1280. The van der Waals surface area contributed by atoms with E-state index < -0.39 is 52.6 Å². The Morgan fingerprint density at radius 3 is 2.14 bits per heavy atom. The first-order valence-corrected chi connectivity index (χ1v) is 15.6. The Morgan fingerprint density at radius 2 is 1.56 bits per heavy atom. The van der Waals surface area contributed by atoms with E-state index in [1.54, 1.807) is 12.1 Å². The van der Waals surface area contributed by atoms with Crippen LogP contribution in [-0.4, -0.2) is 92.6 Å². The molecule has 2 rings (SSSR count). The van der Waals surface area contributed by atoms with Crippen molar-refractivity contribution in [3.63, 3.8) is 0 Å². The molecule has 0 aliphatic carbocycles. The third kappa shape index (κ3) is 13.1. The van der Waals surface area contributed by atoms with Crippen LogP contribution in [0.3, 0.4) is 0 Å². The predicted molar refractivity (Wildman–Crippen MR) is 165 cm³/mol. The van der Waals surface area contributed by atoms with Crippen molar-refractivity contribution in [3.8, 4) is 5.75 Å². The van der Waals surface area contributed by atoms with Gasteiger partial charge in [-0.2, -0.15) is 0 Å². The summed E-state index contributed by atoms with van der Waals surface area (Å²) >= 11 is 0. The van der Waals surface area contributed by atoms with Crippen molar-refractivity contribution in [1.29, 1.82) is 0 Å². The molecule has 2 aromatic rings. The van der Waals surface area contributed by atoms with Gasteiger partial charge in [0.15, 0.2) is 0 Å². The number of carboxylic acids is 1. The number of aliphatic imine (C=N–C) groups is 1. The second-order valence-electron chi connectivity index (χ2n) is 10.3. The molecule has 6 N–H and O–H groups in total. The number of rotatable bonds is 17. The number of carbonyl (C=O) groups is 4. The minimum atomic E-state index is -1.26. The number of phenols is 1. The molecule has 0 fully saturated rings. The summed E-state index contributed by atoms with van der Waals surface area (Å²) in [5.41, 5.74) is 7.28. The molecular weight excluding hydrogens is 574 g/mol. The van der Waals surface area contributed by atoms with Crippen molar-refractivity contribution in [2.24, 2.45) is 10.7 Å². The van der Waals surface area contributed by atoms with E-state index >= 15 is 0 Å². The summed E-state index contributed by atoms with van der Waals surface area (Å²) in [5.74, 6) is -2.26. The first-order chi connectivity index (χ1) is 20.3. The number of nitrogens with one attached hydrogen (secondary N) is 2. The molecule has 0 spiro atoms. The molecule has 3 amide bonds. The van der Waals surface area contributed by atoms with Crippen LogP contribution >= 0.6 is 0 Å². The summed E-state index contributed by atoms with van der Waals surface area (Å²) in [5, 5.41) is 24.0. The van der Waals surface area contributed by atoms with Crippen molar-refractivity contribution in [2.45, 2.75) is 57.2 Å². The van der Waals surface area contributed by atoms with Crippen molar-refractivity contribution < 1.29 is 33.6 Å². The normalized spacial score (nSPS) is 14.2. The Morgan fingerprint density at radius 1 is 0.953 bits per heavy atom. The molecule has 0 aliphatic rings. The zero-order valence-corrected chi connectivity index (χ0v) is 25.5. The van der Waals surface area contributed by atoms with Gasteiger partial charge in [0.05, 0.1) is 5.84 Å². The van der Waals surface area contributed by atoms with Gasteiger partial charge >= 0.3 is 5.97 Å². The first kappa shape index (κ1) is 34.9. The van der Waals surface area contributed by atoms with Crippen molar-refractivity contribution in [3.05, 3.63) is 65.7 Å². The number of hydrogen-bond acceptors (Lipinski definition) is 7. The smallest absolute Gasteiger partial charge is 0.303 e. The maximum Gasteiger partial charge on any atom is 0.303 e. The van der Waals surface area contributed by atoms with Crippen LogP contribution in [0.15, 0.2) is 59.6 Å². The van der Waals surface area contributed by atoms with Crippen LogP contribution in [0.25, 0.3) is 0 Å². The third-order valence-corrected chi connectivity index (χ3v) is 7.32. The highest BCUT2D eigenvalue weighted by Gasteiger charge is 2.30. The van der Waals surface area contributed by atoms with Gasteiger partial charge in [0, 0.05) is 55.7 Å². The summed E-state index contributed by atoms with van der Waals surface area (Å²) in [7, 11) is 0.272. The third-order valence-electron chi connectivity index (χ3n) is 6.51. The molecule has 0 aliphatic heterocycles. The Labute approximate surface area is 254 Å². The molecular formula is C30H41N5O7S. The number of aromatic hydroxyl groups is 1. The minimum absolute atomic E-state index is 0.0403. The molecule has 0 heterocycles. The molecule has 13 heteroatoms. The van der Waals surface area contributed by atoms with Crippen LogP contribution in [0, 0.1) is 0 Å². The lowest BCUT2D eigenvalue weighted by Gasteiger charge is -2.27. The van der Waals surface area contributed by atoms with Crippen molar-refractivity contribution >= 4 is 40.3 Å². The molecule has 12 nitrogen and oxygen atoms in total. The van der Waals surface area contributed by atoms with Gasteiger partial charge in [-0.25, -0.2) is 0 Å². The highest BCUT2D eigenvalue weighted by molar-refractivity contribution is 7.84. The molecule has 0 bridgehead atoms. The second kappa shape index (κ2) is 17.6. The number of amidine groups is 1. The number of amides is 3. The van der Waals surface area contributed by atoms with Crippen LogP contribution in [-0.2, 0) is 42.8 Å². The van der Waals surface area contributed by atoms with Crippen LogP contribution in [0.2, 0.25) is 0 Å². The maximum absolute atomic E-state index is 13.6. The highest BCUT2D eigenvalue weighted by atomic mass is 32.2. The molecule has 0 saturated carbocycles. The monoisotopic (exact) mass is 615 g/mol. The van der Waals surface area contributed by atoms with Gasteiger partial charge in [0.25, 0.3) is 0 Å². The van der Waals surface area contributed by atoms with Crippen LogP contribution < -0.4 is 16.4 Å². The molecule has 234 valence electrons. The highest BCUT2D eigenvalue weighted by Crippen LogP contribution is 2.14. The van der Waals surface area contributed by atoms with E-state index in [1.807, 2.05) is 30.3 Å². The second-order valence-corrected chi connectivity index (χ2v) is 11.8. The summed E-state index contributed by atoms with van der Waals surface area (Å²) in [4.78, 5) is 56.9. The van der Waals surface area contributed by atoms with Gasteiger partial charge in [0.2, 0.25) is 17.7 Å². The summed E-state index contributed by atoms with van der Waals surface area (Å²) < 4.78 is 11.9. The number of nitrogens with zero attached hydrogens (tertiary/aromatic N) is 2. The van der Waals surface area contributed by atoms with Gasteiger partial charge in [-0.15, -0.1) is 0 Å². The number of likely N-dealkylation sites (N-methyl/N-ethyl adjacent to an activating group) is 1. The zero-order valence-electron chi connectivity index (χ0n) is 24.7. The predicted octanol–water partition coefficient (Wildman–Crippen LogP) is 0.985. The Balaban J connectivity index is 2.28. The van der Waals surface area contributed by atoms with Crippen molar-refractivity contribution in [1.82, 2.24) is 15.5 Å². The van der Waals surface area contributed by atoms with Gasteiger partial charge in [-0.05, 0) is 43.0 Å². The van der Waals surface area contributed by atoms with E-state index in [0.29, 0.717) is 5.56 Å².